The van der Waals surface area contributed by atoms with Gasteiger partial charge in [0.2, 0.25) is 0 Å². The minimum absolute atomic E-state index is 0.0660. The minimum atomic E-state index is -0.852. The quantitative estimate of drug-likeness (QED) is 0.644. The van der Waals surface area contributed by atoms with Crippen LogP contribution in [0.4, 0.5) is 4.79 Å². The number of carbonyl (C=O) groups excluding carboxylic acids is 1. The van der Waals surface area contributed by atoms with Crippen molar-refractivity contribution >= 4 is 12.0 Å². The first kappa shape index (κ1) is 14.9. The summed E-state index contributed by atoms with van der Waals surface area (Å²) in [7, 11) is 0. The van der Waals surface area contributed by atoms with E-state index in [0.29, 0.717) is 19.5 Å². The molecule has 2 amide bonds. The number of nitrogens with zero attached hydrogens (tertiary/aromatic N) is 1. The van der Waals surface area contributed by atoms with Gasteiger partial charge in [-0.1, -0.05) is 0 Å². The molecule has 0 radical (unpaired) electrons. The second kappa shape index (κ2) is 8.07. The highest BCUT2D eigenvalue weighted by molar-refractivity contribution is 5.73. The third-order valence-electron chi connectivity index (χ3n) is 2.67. The largest absolute Gasteiger partial charge is 0.481 e. The number of aryl methyl sites for hydroxylation is 1. The van der Waals surface area contributed by atoms with Crippen molar-refractivity contribution in [3.63, 3.8) is 0 Å². The second-order valence-corrected chi connectivity index (χ2v) is 4.23. The molecule has 1 rings (SSSR count). The molecule has 104 valence electrons. The Kier molecular flexibility index (Phi) is 6.35. The Hall–Kier alpha value is -2.11. The molecule has 3 N–H and O–H groups in total. The van der Waals surface area contributed by atoms with Crippen molar-refractivity contribution in [3.8, 4) is 0 Å². The van der Waals surface area contributed by atoms with Crippen molar-refractivity contribution < 1.29 is 14.7 Å². The predicted molar refractivity (Wildman–Crippen MR) is 70.9 cm³/mol. The number of aromatic nitrogens is 1. The molecule has 1 aromatic heterocycles. The summed E-state index contributed by atoms with van der Waals surface area (Å²) < 4.78 is 0. The Morgan fingerprint density at radius 2 is 2.05 bits per heavy atom. The van der Waals surface area contributed by atoms with Gasteiger partial charge in [-0.2, -0.15) is 0 Å². The number of nitrogens with one attached hydrogen (secondary N) is 2. The van der Waals surface area contributed by atoms with E-state index in [1.807, 2.05) is 13.0 Å². The number of rotatable bonds is 7. The van der Waals surface area contributed by atoms with E-state index in [4.69, 9.17) is 5.11 Å². The lowest BCUT2D eigenvalue weighted by Gasteiger charge is -2.08. The average Bonchev–Trinajstić information content (AvgIpc) is 2.37. The molecule has 1 aromatic rings. The van der Waals surface area contributed by atoms with Gasteiger partial charge < -0.3 is 15.7 Å². The Morgan fingerprint density at radius 3 is 2.74 bits per heavy atom. The lowest BCUT2D eigenvalue weighted by Crippen LogP contribution is -2.37. The van der Waals surface area contributed by atoms with Gasteiger partial charge in [-0.05, 0) is 37.0 Å². The molecule has 0 fully saturated rings. The Morgan fingerprint density at radius 1 is 1.32 bits per heavy atom. The summed E-state index contributed by atoms with van der Waals surface area (Å²) in [6.07, 6.45) is 4.77. The van der Waals surface area contributed by atoms with Gasteiger partial charge in [-0.15, -0.1) is 0 Å². The van der Waals surface area contributed by atoms with E-state index in [0.717, 1.165) is 17.5 Å². The lowest BCUT2D eigenvalue weighted by molar-refractivity contribution is -0.137. The van der Waals surface area contributed by atoms with Crippen LogP contribution in [-0.4, -0.2) is 35.2 Å². The summed E-state index contributed by atoms with van der Waals surface area (Å²) in [5, 5.41) is 13.8. The second-order valence-electron chi connectivity index (χ2n) is 4.23. The number of carboxylic acid groups (broad SMARTS) is 1. The first-order valence-corrected chi connectivity index (χ1v) is 6.22. The van der Waals surface area contributed by atoms with Crippen molar-refractivity contribution in [3.05, 3.63) is 29.6 Å². The maximum atomic E-state index is 11.4. The van der Waals surface area contributed by atoms with Gasteiger partial charge in [0.15, 0.2) is 0 Å². The zero-order valence-corrected chi connectivity index (χ0v) is 11.0. The van der Waals surface area contributed by atoms with Crippen LogP contribution in [0.15, 0.2) is 18.5 Å². The molecule has 0 saturated heterocycles. The third-order valence-corrected chi connectivity index (χ3v) is 2.67. The zero-order valence-electron chi connectivity index (χ0n) is 11.0. The summed E-state index contributed by atoms with van der Waals surface area (Å²) in [5.41, 5.74) is 2.26. The van der Waals surface area contributed by atoms with Crippen LogP contribution in [0.2, 0.25) is 0 Å². The van der Waals surface area contributed by atoms with Crippen LogP contribution in [0, 0.1) is 6.92 Å². The fourth-order valence-corrected chi connectivity index (χ4v) is 1.60. The molecule has 0 bridgehead atoms. The Labute approximate surface area is 112 Å². The number of hydrogen-bond donors (Lipinski definition) is 3. The topological polar surface area (TPSA) is 91.3 Å². The van der Waals surface area contributed by atoms with Gasteiger partial charge in [0.05, 0.1) is 0 Å². The molecule has 0 saturated carbocycles. The number of carbonyl (C=O) groups is 2. The van der Waals surface area contributed by atoms with E-state index in [9.17, 15) is 9.59 Å². The summed E-state index contributed by atoms with van der Waals surface area (Å²) in [4.78, 5) is 25.7. The van der Waals surface area contributed by atoms with Gasteiger partial charge in [0, 0.05) is 31.9 Å². The Balaban J connectivity index is 2.14. The molecular formula is C13H19N3O3. The van der Waals surface area contributed by atoms with Gasteiger partial charge in [0.1, 0.15) is 0 Å². The van der Waals surface area contributed by atoms with E-state index in [1.54, 1.807) is 12.4 Å². The number of hydrogen-bond acceptors (Lipinski definition) is 3. The lowest BCUT2D eigenvalue weighted by atomic mass is 10.1. The predicted octanol–water partition coefficient (Wildman–Crippen LogP) is 1.10. The monoisotopic (exact) mass is 265 g/mol. The number of aliphatic carboxylic acids is 1. The zero-order chi connectivity index (χ0) is 14.1. The molecule has 0 aliphatic heterocycles. The molecular weight excluding hydrogens is 246 g/mol. The molecule has 0 spiro atoms. The van der Waals surface area contributed by atoms with Crippen LogP contribution in [0.3, 0.4) is 0 Å². The number of urea groups is 1. The molecule has 0 aliphatic rings. The highest BCUT2D eigenvalue weighted by Gasteiger charge is 2.02. The summed E-state index contributed by atoms with van der Waals surface area (Å²) >= 11 is 0. The van der Waals surface area contributed by atoms with Crippen molar-refractivity contribution in [2.45, 2.75) is 26.2 Å². The van der Waals surface area contributed by atoms with E-state index in [1.165, 1.54) is 0 Å². The van der Waals surface area contributed by atoms with Gasteiger partial charge in [0.25, 0.3) is 0 Å². The molecule has 0 unspecified atom stereocenters. The third kappa shape index (κ3) is 6.40. The van der Waals surface area contributed by atoms with Crippen molar-refractivity contribution in [2.24, 2.45) is 0 Å². The average molecular weight is 265 g/mol. The molecule has 6 nitrogen and oxygen atoms in total. The highest BCUT2D eigenvalue weighted by Crippen LogP contribution is 2.04. The smallest absolute Gasteiger partial charge is 0.314 e. The van der Waals surface area contributed by atoms with Gasteiger partial charge in [-0.3, -0.25) is 9.78 Å². The number of amides is 2. The Bertz CT molecular complexity index is 435. The van der Waals surface area contributed by atoms with Crippen LogP contribution >= 0.6 is 0 Å². The van der Waals surface area contributed by atoms with Crippen LogP contribution in [0.1, 0.15) is 24.0 Å². The minimum Gasteiger partial charge on any atom is -0.481 e. The van der Waals surface area contributed by atoms with E-state index in [-0.39, 0.29) is 12.5 Å². The molecule has 0 atom stereocenters. The van der Waals surface area contributed by atoms with Crippen LogP contribution in [-0.2, 0) is 11.2 Å². The summed E-state index contributed by atoms with van der Waals surface area (Å²) in [6, 6.07) is 1.67. The fraction of sp³-hybridized carbons (Fsp3) is 0.462. The van der Waals surface area contributed by atoms with Gasteiger partial charge >= 0.3 is 12.0 Å². The standard InChI is InChI=1S/C13H19N3O3/c1-10-9-14-7-4-11(10)5-8-16-13(19)15-6-2-3-12(17)18/h4,7,9H,2-3,5-6,8H2,1H3,(H,17,18)(H2,15,16,19). The number of pyridine rings is 1. The highest BCUT2D eigenvalue weighted by atomic mass is 16.4. The molecule has 19 heavy (non-hydrogen) atoms. The normalized spacial score (nSPS) is 9.95. The maximum Gasteiger partial charge on any atom is 0.314 e. The van der Waals surface area contributed by atoms with Crippen LogP contribution in [0.25, 0.3) is 0 Å². The summed E-state index contributed by atoms with van der Waals surface area (Å²) in [6.45, 7) is 2.89. The molecule has 1 heterocycles. The first-order chi connectivity index (χ1) is 9.09. The maximum absolute atomic E-state index is 11.4. The van der Waals surface area contributed by atoms with Crippen LogP contribution in [0.5, 0.6) is 0 Å². The fourth-order valence-electron chi connectivity index (χ4n) is 1.60. The molecule has 6 heteroatoms. The van der Waals surface area contributed by atoms with Crippen molar-refractivity contribution in [1.82, 2.24) is 15.6 Å². The molecule has 0 aliphatic carbocycles. The van der Waals surface area contributed by atoms with Crippen molar-refractivity contribution in [1.29, 1.82) is 0 Å². The van der Waals surface area contributed by atoms with E-state index < -0.39 is 5.97 Å². The number of carboxylic acids is 1. The van der Waals surface area contributed by atoms with E-state index in [2.05, 4.69) is 15.6 Å². The van der Waals surface area contributed by atoms with Crippen molar-refractivity contribution in [2.75, 3.05) is 13.1 Å². The van der Waals surface area contributed by atoms with E-state index >= 15 is 0 Å². The summed E-state index contributed by atoms with van der Waals surface area (Å²) in [5.74, 6) is -0.852. The first-order valence-electron chi connectivity index (χ1n) is 6.22. The molecule has 0 aromatic carbocycles. The van der Waals surface area contributed by atoms with Gasteiger partial charge in [-0.25, -0.2) is 4.79 Å². The SMILES string of the molecule is Cc1cnccc1CCNC(=O)NCCCC(=O)O. The van der Waals surface area contributed by atoms with Crippen LogP contribution < -0.4 is 10.6 Å².